The van der Waals surface area contributed by atoms with Crippen LogP contribution in [0.4, 0.5) is 5.69 Å². The predicted molar refractivity (Wildman–Crippen MR) is 147 cm³/mol. The standard InChI is InChI=1S/C28H26N4OS2/c1-4-19-10-12-20(13-11-19)25-24(27-30-26(31-33-27)21-8-6-5-7-9-21)18(2)32(28(34)29-25)22-14-16-23(35-3)17-15-22/h5-17,25H,4H2,1-3H3,(H,29,34). The molecule has 1 unspecified atom stereocenters. The molecule has 176 valence electrons. The summed E-state index contributed by atoms with van der Waals surface area (Å²) in [6.07, 6.45) is 3.06. The molecule has 35 heavy (non-hydrogen) atoms. The van der Waals surface area contributed by atoms with E-state index in [1.165, 1.54) is 10.5 Å². The van der Waals surface area contributed by atoms with Crippen LogP contribution in [0.2, 0.25) is 0 Å². The van der Waals surface area contributed by atoms with Crippen LogP contribution in [0.1, 0.15) is 36.9 Å². The number of rotatable bonds is 6. The lowest BCUT2D eigenvalue weighted by Crippen LogP contribution is -2.46. The van der Waals surface area contributed by atoms with E-state index in [0.29, 0.717) is 16.8 Å². The van der Waals surface area contributed by atoms with Gasteiger partial charge in [0, 0.05) is 21.8 Å². The van der Waals surface area contributed by atoms with Gasteiger partial charge in [-0.3, -0.25) is 4.90 Å². The molecule has 2 heterocycles. The van der Waals surface area contributed by atoms with Gasteiger partial charge in [0.15, 0.2) is 5.11 Å². The molecule has 1 N–H and O–H groups in total. The van der Waals surface area contributed by atoms with Gasteiger partial charge >= 0.3 is 0 Å². The number of anilines is 1. The van der Waals surface area contributed by atoms with E-state index in [0.717, 1.165) is 34.5 Å². The van der Waals surface area contributed by atoms with Crippen molar-refractivity contribution in [2.24, 2.45) is 0 Å². The first-order valence-electron chi connectivity index (χ1n) is 11.5. The zero-order valence-electron chi connectivity index (χ0n) is 19.9. The molecule has 1 aromatic heterocycles. The quantitative estimate of drug-likeness (QED) is 0.229. The van der Waals surface area contributed by atoms with Crippen LogP contribution >= 0.6 is 24.0 Å². The lowest BCUT2D eigenvalue weighted by Gasteiger charge is -2.37. The van der Waals surface area contributed by atoms with Crippen LogP contribution in [-0.4, -0.2) is 21.5 Å². The molecule has 5 rings (SSSR count). The van der Waals surface area contributed by atoms with Crippen molar-refractivity contribution in [2.75, 3.05) is 11.2 Å². The summed E-state index contributed by atoms with van der Waals surface area (Å²) in [6.45, 7) is 4.22. The molecule has 5 nitrogen and oxygen atoms in total. The summed E-state index contributed by atoms with van der Waals surface area (Å²) in [6, 6.07) is 26.6. The van der Waals surface area contributed by atoms with E-state index in [1.807, 2.05) is 35.2 Å². The van der Waals surface area contributed by atoms with E-state index in [2.05, 4.69) is 79.1 Å². The Balaban J connectivity index is 1.63. The number of hydrogen-bond acceptors (Lipinski definition) is 5. The van der Waals surface area contributed by atoms with Crippen LogP contribution in [0, 0.1) is 0 Å². The maximum Gasteiger partial charge on any atom is 0.258 e. The maximum atomic E-state index is 5.87. The second kappa shape index (κ2) is 10.1. The Kier molecular flexibility index (Phi) is 6.70. The number of benzene rings is 3. The summed E-state index contributed by atoms with van der Waals surface area (Å²) in [5.41, 5.74) is 6.14. The predicted octanol–water partition coefficient (Wildman–Crippen LogP) is 6.89. The van der Waals surface area contributed by atoms with Crippen LogP contribution in [-0.2, 0) is 6.42 Å². The maximum absolute atomic E-state index is 5.87. The van der Waals surface area contributed by atoms with Crippen LogP contribution < -0.4 is 10.2 Å². The Hall–Kier alpha value is -3.42. The summed E-state index contributed by atoms with van der Waals surface area (Å²) >= 11 is 7.58. The topological polar surface area (TPSA) is 54.2 Å². The molecule has 0 bridgehead atoms. The van der Waals surface area contributed by atoms with Gasteiger partial charge in [-0.1, -0.05) is 66.7 Å². The monoisotopic (exact) mass is 498 g/mol. The first-order valence-corrected chi connectivity index (χ1v) is 13.2. The molecule has 0 radical (unpaired) electrons. The summed E-state index contributed by atoms with van der Waals surface area (Å²) in [5.74, 6) is 1.04. The van der Waals surface area contributed by atoms with Crippen LogP contribution in [0.3, 0.4) is 0 Å². The van der Waals surface area contributed by atoms with Crippen molar-refractivity contribution in [1.82, 2.24) is 15.5 Å². The lowest BCUT2D eigenvalue weighted by molar-refractivity contribution is 0.404. The van der Waals surface area contributed by atoms with Crippen molar-refractivity contribution in [1.29, 1.82) is 0 Å². The smallest absolute Gasteiger partial charge is 0.258 e. The molecule has 0 fully saturated rings. The van der Waals surface area contributed by atoms with Crippen LogP contribution in [0.15, 0.2) is 94.0 Å². The molecule has 4 aromatic rings. The Morgan fingerprint density at radius 1 is 1.00 bits per heavy atom. The number of thiocarbonyl (C=S) groups is 1. The number of allylic oxidation sites excluding steroid dienone is 1. The van der Waals surface area contributed by atoms with Crippen molar-refractivity contribution in [3.05, 3.63) is 102 Å². The molecule has 7 heteroatoms. The second-order valence-electron chi connectivity index (χ2n) is 8.30. The zero-order valence-corrected chi connectivity index (χ0v) is 21.5. The lowest BCUT2D eigenvalue weighted by atomic mass is 9.93. The summed E-state index contributed by atoms with van der Waals surface area (Å²) in [7, 11) is 0. The van der Waals surface area contributed by atoms with Crippen molar-refractivity contribution in [3.8, 4) is 11.4 Å². The van der Waals surface area contributed by atoms with Crippen molar-refractivity contribution in [2.45, 2.75) is 31.2 Å². The van der Waals surface area contributed by atoms with E-state index < -0.39 is 0 Å². The van der Waals surface area contributed by atoms with Crippen molar-refractivity contribution < 1.29 is 4.52 Å². The molecule has 1 aliphatic heterocycles. The van der Waals surface area contributed by atoms with Gasteiger partial charge in [-0.15, -0.1) is 11.8 Å². The summed E-state index contributed by atoms with van der Waals surface area (Å²) in [4.78, 5) is 8.03. The van der Waals surface area contributed by atoms with E-state index in [-0.39, 0.29) is 6.04 Å². The zero-order chi connectivity index (χ0) is 24.4. The molecule has 1 atom stereocenters. The number of nitrogens with one attached hydrogen (secondary N) is 1. The highest BCUT2D eigenvalue weighted by molar-refractivity contribution is 7.98. The van der Waals surface area contributed by atoms with Gasteiger partial charge in [0.2, 0.25) is 5.82 Å². The van der Waals surface area contributed by atoms with Crippen LogP contribution in [0.5, 0.6) is 0 Å². The molecular weight excluding hydrogens is 472 g/mol. The Labute approximate surface area is 215 Å². The highest BCUT2D eigenvalue weighted by Crippen LogP contribution is 2.39. The number of aromatic nitrogens is 2. The second-order valence-corrected chi connectivity index (χ2v) is 9.57. The highest BCUT2D eigenvalue weighted by atomic mass is 32.2. The number of hydrogen-bond donors (Lipinski definition) is 1. The SMILES string of the molecule is CCc1ccc(C2NC(=S)N(c3ccc(SC)cc3)C(C)=C2c2nc(-c3ccccc3)no2)cc1. The Bertz CT molecular complexity index is 1360. The van der Waals surface area contributed by atoms with E-state index in [1.54, 1.807) is 11.8 Å². The number of aryl methyl sites for hydroxylation is 1. The molecule has 0 spiro atoms. The molecule has 0 saturated heterocycles. The van der Waals surface area contributed by atoms with Crippen LogP contribution in [0.25, 0.3) is 17.0 Å². The molecule has 0 amide bonds. The van der Waals surface area contributed by atoms with Gasteiger partial charge in [0.25, 0.3) is 5.89 Å². The largest absolute Gasteiger partial charge is 0.351 e. The minimum atomic E-state index is -0.209. The van der Waals surface area contributed by atoms with Gasteiger partial charge in [0.05, 0.1) is 11.6 Å². The normalized spacial score (nSPS) is 15.9. The molecule has 3 aromatic carbocycles. The third-order valence-corrected chi connectivity index (χ3v) is 7.27. The average molecular weight is 499 g/mol. The average Bonchev–Trinajstić information content (AvgIpc) is 3.39. The van der Waals surface area contributed by atoms with Gasteiger partial charge in [-0.25, -0.2) is 0 Å². The van der Waals surface area contributed by atoms with Crippen molar-refractivity contribution >= 4 is 40.4 Å². The first kappa shape index (κ1) is 23.3. The number of nitrogens with zero attached hydrogens (tertiary/aromatic N) is 3. The summed E-state index contributed by atoms with van der Waals surface area (Å²) in [5, 5.41) is 8.47. The Morgan fingerprint density at radius 2 is 1.71 bits per heavy atom. The third kappa shape index (κ3) is 4.61. The third-order valence-electron chi connectivity index (χ3n) is 6.23. The minimum Gasteiger partial charge on any atom is -0.351 e. The highest BCUT2D eigenvalue weighted by Gasteiger charge is 2.34. The summed E-state index contributed by atoms with van der Waals surface area (Å²) < 4.78 is 5.85. The van der Waals surface area contributed by atoms with Gasteiger partial charge in [-0.05, 0) is 67.2 Å². The van der Waals surface area contributed by atoms with Gasteiger partial charge in [0.1, 0.15) is 0 Å². The van der Waals surface area contributed by atoms with E-state index in [4.69, 9.17) is 21.7 Å². The fourth-order valence-electron chi connectivity index (χ4n) is 4.30. The Morgan fingerprint density at radius 3 is 2.37 bits per heavy atom. The van der Waals surface area contributed by atoms with Crippen molar-refractivity contribution in [3.63, 3.8) is 0 Å². The van der Waals surface area contributed by atoms with Gasteiger partial charge in [-0.2, -0.15) is 4.98 Å². The molecule has 0 saturated carbocycles. The number of thioether (sulfide) groups is 1. The van der Waals surface area contributed by atoms with Gasteiger partial charge < -0.3 is 9.84 Å². The van der Waals surface area contributed by atoms with E-state index in [9.17, 15) is 0 Å². The molecule has 0 aliphatic carbocycles. The first-order chi connectivity index (χ1) is 17.1. The minimum absolute atomic E-state index is 0.209. The molecule has 1 aliphatic rings. The molecular formula is C28H26N4OS2. The fourth-order valence-corrected chi connectivity index (χ4v) is 5.06. The fraction of sp³-hybridized carbons (Fsp3) is 0.179. The van der Waals surface area contributed by atoms with E-state index >= 15 is 0 Å².